The fourth-order valence-electron chi connectivity index (χ4n) is 1.11. The Kier molecular flexibility index (Phi) is 2.96. The van der Waals surface area contributed by atoms with Crippen LogP contribution in [-0.4, -0.2) is 24.0 Å². The van der Waals surface area contributed by atoms with Gasteiger partial charge in [-0.3, -0.25) is 15.1 Å². The minimum Gasteiger partial charge on any atom is -0.508 e. The molecule has 0 heterocycles. The molecule has 1 aromatic rings. The molecule has 0 aliphatic carbocycles. The highest BCUT2D eigenvalue weighted by Gasteiger charge is 2.31. The topological polar surface area (TPSA) is 115 Å². The number of nitrogens with one attached hydrogen (secondary N) is 1. The van der Waals surface area contributed by atoms with Crippen molar-refractivity contribution in [2.45, 2.75) is 5.25 Å². The quantitative estimate of drug-likeness (QED) is 0.716. The molecule has 1 radical (unpaired) electrons. The van der Waals surface area contributed by atoms with Crippen LogP contribution < -0.4 is 5.73 Å². The highest BCUT2D eigenvalue weighted by Crippen LogP contribution is 2.23. The summed E-state index contributed by atoms with van der Waals surface area (Å²) < 4.78 is 30.4. The number of phenolic OH excluding ortho intramolecular Hbond substituents is 1. The molecule has 1 rings (SSSR count). The Bertz CT molecular complexity index is 464. The monoisotopic (exact) mass is 230 g/mol. The summed E-state index contributed by atoms with van der Waals surface area (Å²) in [4.78, 5) is 10.7. The highest BCUT2D eigenvalue weighted by molar-refractivity contribution is 7.86. The summed E-state index contributed by atoms with van der Waals surface area (Å²) in [6.07, 6.45) is 0. The van der Waals surface area contributed by atoms with Gasteiger partial charge in [0.25, 0.3) is 16.0 Å². The van der Waals surface area contributed by atoms with E-state index in [1.807, 2.05) is 0 Å². The molecule has 0 fully saturated rings. The second-order valence-electron chi connectivity index (χ2n) is 2.85. The van der Waals surface area contributed by atoms with Crippen LogP contribution in [0.4, 0.5) is 0 Å². The van der Waals surface area contributed by atoms with Crippen molar-refractivity contribution in [1.29, 1.82) is 0 Å². The number of carbonyl (C=O) groups excluding carboxylic acids is 1. The van der Waals surface area contributed by atoms with Crippen molar-refractivity contribution in [3.63, 3.8) is 0 Å². The van der Waals surface area contributed by atoms with Crippen LogP contribution in [0.2, 0.25) is 0 Å². The fourth-order valence-corrected chi connectivity index (χ4v) is 1.88. The van der Waals surface area contributed by atoms with Crippen molar-refractivity contribution < 1.29 is 22.9 Å². The Labute approximate surface area is 86.1 Å². The van der Waals surface area contributed by atoms with E-state index >= 15 is 0 Å². The molecule has 3 N–H and O–H groups in total. The predicted octanol–water partition coefficient (Wildman–Crippen LogP) is 0.131. The van der Waals surface area contributed by atoms with Gasteiger partial charge in [0.1, 0.15) is 5.75 Å². The van der Waals surface area contributed by atoms with Crippen molar-refractivity contribution in [3.8, 4) is 5.75 Å². The lowest BCUT2D eigenvalue weighted by Gasteiger charge is -2.09. The molecular weight excluding hydrogens is 222 g/mol. The third kappa shape index (κ3) is 2.67. The molecule has 0 spiro atoms. The average Bonchev–Trinajstić information content (AvgIpc) is 2.05. The van der Waals surface area contributed by atoms with Crippen LogP contribution in [0.1, 0.15) is 10.8 Å². The van der Waals surface area contributed by atoms with Crippen molar-refractivity contribution in [2.75, 3.05) is 0 Å². The van der Waals surface area contributed by atoms with Crippen LogP contribution in [0.3, 0.4) is 0 Å². The summed E-state index contributed by atoms with van der Waals surface area (Å²) in [5, 5.41) is 7.02. The Morgan fingerprint density at radius 2 is 1.73 bits per heavy atom. The van der Waals surface area contributed by atoms with Gasteiger partial charge in [-0.25, -0.2) is 0 Å². The van der Waals surface area contributed by atoms with E-state index in [4.69, 9.17) is 15.4 Å². The summed E-state index contributed by atoms with van der Waals surface area (Å²) in [5.41, 5.74) is 6.68. The maximum absolute atomic E-state index is 10.8. The van der Waals surface area contributed by atoms with Crippen molar-refractivity contribution >= 4 is 16.0 Å². The van der Waals surface area contributed by atoms with E-state index in [0.29, 0.717) is 0 Å². The van der Waals surface area contributed by atoms with Crippen molar-refractivity contribution in [2.24, 2.45) is 0 Å². The summed E-state index contributed by atoms with van der Waals surface area (Å²) in [5.74, 6) is -1.53. The first-order valence-corrected chi connectivity index (χ1v) is 5.33. The molecule has 1 amide bonds. The molecule has 1 aromatic carbocycles. The number of benzene rings is 1. The van der Waals surface area contributed by atoms with E-state index in [1.165, 1.54) is 0 Å². The minimum atomic E-state index is -4.65. The number of phenols is 1. The normalized spacial score (nSPS) is 13.4. The molecule has 0 aliphatic rings. The molecule has 0 saturated heterocycles. The van der Waals surface area contributed by atoms with Gasteiger partial charge in [0.15, 0.2) is 5.25 Å². The van der Waals surface area contributed by atoms with Gasteiger partial charge < -0.3 is 5.11 Å². The molecule has 81 valence electrons. The van der Waals surface area contributed by atoms with E-state index in [2.05, 4.69) is 0 Å². The standard InChI is InChI=1S/C8H8NO5S/c9-8(11)7(15(12,13)14)5-1-3-6(10)4-2-5/h1-4,7,9-10H,(H,12,13,14). The largest absolute Gasteiger partial charge is 0.508 e. The van der Waals surface area contributed by atoms with Crippen LogP contribution in [0.5, 0.6) is 5.75 Å². The van der Waals surface area contributed by atoms with Crippen molar-refractivity contribution in [3.05, 3.63) is 29.8 Å². The predicted molar refractivity (Wildman–Crippen MR) is 50.5 cm³/mol. The Morgan fingerprint density at radius 1 is 1.27 bits per heavy atom. The van der Waals surface area contributed by atoms with Crippen LogP contribution in [0.15, 0.2) is 24.3 Å². The minimum absolute atomic E-state index is 0.0599. The Hall–Kier alpha value is -1.60. The van der Waals surface area contributed by atoms with Gasteiger partial charge in [-0.2, -0.15) is 8.42 Å². The third-order valence-electron chi connectivity index (χ3n) is 1.73. The second-order valence-corrected chi connectivity index (χ2v) is 4.35. The molecule has 0 aromatic heterocycles. The second kappa shape index (κ2) is 3.87. The first-order valence-electron chi connectivity index (χ1n) is 3.83. The fraction of sp³-hybridized carbons (Fsp3) is 0.125. The summed E-state index contributed by atoms with van der Waals surface area (Å²) in [6, 6.07) is 4.63. The third-order valence-corrected chi connectivity index (χ3v) is 2.81. The van der Waals surface area contributed by atoms with E-state index < -0.39 is 21.3 Å². The number of amides is 1. The van der Waals surface area contributed by atoms with Crippen LogP contribution in [0, 0.1) is 0 Å². The Balaban J connectivity index is 3.23. The van der Waals surface area contributed by atoms with Crippen LogP contribution >= 0.6 is 0 Å². The highest BCUT2D eigenvalue weighted by atomic mass is 32.2. The zero-order chi connectivity index (χ0) is 11.6. The molecular formula is C8H8NO5S. The van der Waals surface area contributed by atoms with Gasteiger partial charge in [-0.05, 0) is 17.7 Å². The maximum Gasteiger partial charge on any atom is 0.281 e. The molecule has 0 aliphatic heterocycles. The number of carbonyl (C=O) groups is 1. The lowest BCUT2D eigenvalue weighted by Crippen LogP contribution is -2.22. The molecule has 15 heavy (non-hydrogen) atoms. The number of hydrogen-bond donors (Lipinski definition) is 2. The first-order chi connectivity index (χ1) is 6.82. The van der Waals surface area contributed by atoms with Gasteiger partial charge in [0.05, 0.1) is 0 Å². The van der Waals surface area contributed by atoms with E-state index in [1.54, 1.807) is 0 Å². The zero-order valence-electron chi connectivity index (χ0n) is 7.41. The first kappa shape index (κ1) is 11.5. The molecule has 0 bridgehead atoms. The van der Waals surface area contributed by atoms with E-state index in [-0.39, 0.29) is 11.3 Å². The summed E-state index contributed by atoms with van der Waals surface area (Å²) >= 11 is 0. The summed E-state index contributed by atoms with van der Waals surface area (Å²) in [7, 11) is -4.65. The van der Waals surface area contributed by atoms with E-state index in [9.17, 15) is 13.2 Å². The van der Waals surface area contributed by atoms with Gasteiger partial charge in [-0.1, -0.05) is 12.1 Å². The molecule has 7 heteroatoms. The van der Waals surface area contributed by atoms with Crippen LogP contribution in [0.25, 0.3) is 0 Å². The number of hydrogen-bond acceptors (Lipinski definition) is 4. The van der Waals surface area contributed by atoms with Crippen LogP contribution in [-0.2, 0) is 14.9 Å². The molecule has 0 saturated carbocycles. The van der Waals surface area contributed by atoms with Crippen molar-refractivity contribution in [1.82, 2.24) is 5.73 Å². The number of aromatic hydroxyl groups is 1. The molecule has 1 unspecified atom stereocenters. The van der Waals surface area contributed by atoms with Gasteiger partial charge in [-0.15, -0.1) is 0 Å². The van der Waals surface area contributed by atoms with Gasteiger partial charge in [0, 0.05) is 0 Å². The zero-order valence-corrected chi connectivity index (χ0v) is 8.23. The SMILES string of the molecule is [NH]C(=O)C(c1ccc(O)cc1)S(=O)(=O)O. The van der Waals surface area contributed by atoms with Gasteiger partial charge >= 0.3 is 0 Å². The lowest BCUT2D eigenvalue weighted by atomic mass is 10.1. The summed E-state index contributed by atoms with van der Waals surface area (Å²) in [6.45, 7) is 0. The molecule has 1 atom stereocenters. The lowest BCUT2D eigenvalue weighted by molar-refractivity contribution is -0.118. The number of rotatable bonds is 3. The molecule has 6 nitrogen and oxygen atoms in total. The van der Waals surface area contributed by atoms with E-state index in [0.717, 1.165) is 24.3 Å². The smallest absolute Gasteiger partial charge is 0.281 e. The Morgan fingerprint density at radius 3 is 2.07 bits per heavy atom. The maximum atomic E-state index is 10.8. The van der Waals surface area contributed by atoms with Gasteiger partial charge in [0.2, 0.25) is 0 Å². The average molecular weight is 230 g/mol.